The topological polar surface area (TPSA) is 61.0 Å². The number of fused-ring (bicyclic) bond motifs is 4. The Labute approximate surface area is 293 Å². The summed E-state index contributed by atoms with van der Waals surface area (Å²) in [5, 5.41) is 15.9. The quantitative estimate of drug-likeness (QED) is 0.104. The number of thiol groups is 1. The average molecular weight is 697 g/mol. The number of piperidine rings is 1. The van der Waals surface area contributed by atoms with Gasteiger partial charge in [-0.2, -0.15) is 18.3 Å². The van der Waals surface area contributed by atoms with E-state index in [0.717, 1.165) is 78.5 Å². The fourth-order valence-corrected chi connectivity index (χ4v) is 8.86. The molecule has 11 heteroatoms. The van der Waals surface area contributed by atoms with E-state index in [1.807, 2.05) is 48.0 Å². The predicted octanol–water partition coefficient (Wildman–Crippen LogP) is 9.45. The molecule has 1 N–H and O–H groups in total. The van der Waals surface area contributed by atoms with Crippen molar-refractivity contribution in [2.75, 3.05) is 13.1 Å². The highest BCUT2D eigenvalue weighted by Crippen LogP contribution is 2.43. The molecule has 5 aromatic rings. The first-order valence-electron chi connectivity index (χ1n) is 16.6. The van der Waals surface area contributed by atoms with Crippen molar-refractivity contribution in [2.45, 2.75) is 56.7 Å². The Morgan fingerprint density at radius 2 is 1.65 bits per heavy atom. The number of aromatic nitrogens is 3. The van der Waals surface area contributed by atoms with Gasteiger partial charge in [0, 0.05) is 42.4 Å². The summed E-state index contributed by atoms with van der Waals surface area (Å²) >= 11 is 6.36. The molecule has 8 rings (SSSR count). The molecule has 250 valence electrons. The number of thiazole rings is 1. The molecule has 0 radical (unpaired) electrons. The molecule has 1 unspecified atom stereocenters. The second-order valence-corrected chi connectivity index (χ2v) is 14.3. The lowest BCUT2D eigenvalue weighted by molar-refractivity contribution is -0.141. The minimum atomic E-state index is -4.55. The first kappa shape index (κ1) is 31.9. The maximum absolute atomic E-state index is 13.9. The lowest BCUT2D eigenvalue weighted by atomic mass is 9.87. The number of aryl methyl sites for hydroxylation is 1. The molecule has 6 nitrogen and oxygen atoms in total. The fourth-order valence-electron chi connectivity index (χ4n) is 7.54. The first-order chi connectivity index (χ1) is 23.7. The zero-order chi connectivity index (χ0) is 33.7. The molecule has 0 spiro atoms. The van der Waals surface area contributed by atoms with Gasteiger partial charge in [-0.3, -0.25) is 9.71 Å². The van der Waals surface area contributed by atoms with Gasteiger partial charge in [-0.15, -0.1) is 11.3 Å². The van der Waals surface area contributed by atoms with Crippen LogP contribution in [0.25, 0.3) is 28.6 Å². The van der Waals surface area contributed by atoms with Crippen molar-refractivity contribution in [3.8, 4) is 22.4 Å². The van der Waals surface area contributed by atoms with Gasteiger partial charge >= 0.3 is 6.18 Å². The molecule has 49 heavy (non-hydrogen) atoms. The lowest BCUT2D eigenvalue weighted by Gasteiger charge is -2.33. The van der Waals surface area contributed by atoms with Crippen molar-refractivity contribution in [3.05, 3.63) is 123 Å². The molecule has 3 heterocycles. The van der Waals surface area contributed by atoms with Gasteiger partial charge in [0.05, 0.1) is 16.7 Å². The summed E-state index contributed by atoms with van der Waals surface area (Å²) in [6, 6.07) is 23.6. The van der Waals surface area contributed by atoms with Gasteiger partial charge in [0.15, 0.2) is 11.5 Å². The molecule has 0 amide bonds. The van der Waals surface area contributed by atoms with E-state index >= 15 is 0 Å². The van der Waals surface area contributed by atoms with E-state index in [1.54, 1.807) is 21.8 Å². The average Bonchev–Trinajstić information content (AvgIpc) is 3.88. The molecule has 3 aromatic carbocycles. The second kappa shape index (κ2) is 12.8. The van der Waals surface area contributed by atoms with Crippen LogP contribution in [0.4, 0.5) is 13.2 Å². The maximum atomic E-state index is 13.9. The van der Waals surface area contributed by atoms with E-state index in [-0.39, 0.29) is 12.0 Å². The largest absolute Gasteiger partial charge is 0.435 e. The van der Waals surface area contributed by atoms with Crippen molar-refractivity contribution in [1.82, 2.24) is 24.0 Å². The van der Waals surface area contributed by atoms with Crippen LogP contribution >= 0.6 is 24.2 Å². The Balaban J connectivity index is 0.959. The highest BCUT2D eigenvalue weighted by Gasteiger charge is 2.36. The zero-order valence-corrected chi connectivity index (χ0v) is 28.4. The molecule has 1 atom stereocenters. The molecular weight excluding hydrogens is 662 g/mol. The molecule has 2 aromatic heterocycles. The van der Waals surface area contributed by atoms with E-state index in [2.05, 4.69) is 40.3 Å². The summed E-state index contributed by atoms with van der Waals surface area (Å²) in [5.41, 5.74) is 7.86. The summed E-state index contributed by atoms with van der Waals surface area (Å²) in [6.45, 7) is 1.48. The summed E-state index contributed by atoms with van der Waals surface area (Å²) in [7, 11) is 0. The maximum Gasteiger partial charge on any atom is 0.435 e. The van der Waals surface area contributed by atoms with Crippen molar-refractivity contribution in [2.24, 2.45) is 0 Å². The molecule has 2 aliphatic carbocycles. The predicted molar refractivity (Wildman–Crippen MR) is 192 cm³/mol. The molecule has 1 fully saturated rings. The van der Waals surface area contributed by atoms with E-state index in [9.17, 15) is 13.2 Å². The molecule has 1 saturated heterocycles. The molecule has 3 aliphatic rings. The van der Waals surface area contributed by atoms with Gasteiger partial charge in [-0.05, 0) is 78.0 Å². The number of hydrogen-bond donors (Lipinski definition) is 2. The van der Waals surface area contributed by atoms with Gasteiger partial charge in [-0.25, -0.2) is 9.67 Å². The Kier molecular flexibility index (Phi) is 8.35. The smallest absolute Gasteiger partial charge is 0.376 e. The van der Waals surface area contributed by atoms with Crippen LogP contribution in [0.3, 0.4) is 0 Å². The number of hydrogen-bond acceptors (Lipinski definition) is 6. The van der Waals surface area contributed by atoms with Crippen LogP contribution in [-0.2, 0) is 19.0 Å². The Morgan fingerprint density at radius 3 is 2.47 bits per heavy atom. The number of amidine groups is 1. The van der Waals surface area contributed by atoms with Crippen LogP contribution in [0.2, 0.25) is 0 Å². The minimum absolute atomic E-state index is 0.0441. The van der Waals surface area contributed by atoms with Crippen LogP contribution in [0, 0.1) is 5.41 Å². The van der Waals surface area contributed by atoms with Gasteiger partial charge in [0.2, 0.25) is 0 Å². The third-order valence-corrected chi connectivity index (χ3v) is 11.6. The third kappa shape index (κ3) is 6.07. The number of benzene rings is 3. The molecule has 0 saturated carbocycles. The number of halogens is 3. The lowest BCUT2D eigenvalue weighted by Crippen LogP contribution is -2.30. The minimum Gasteiger partial charge on any atom is -0.376 e. The molecule has 1 aliphatic heterocycles. The number of alkyl halides is 3. The van der Waals surface area contributed by atoms with E-state index in [1.165, 1.54) is 21.4 Å². The van der Waals surface area contributed by atoms with E-state index in [4.69, 9.17) is 23.2 Å². The summed E-state index contributed by atoms with van der Waals surface area (Å²) in [5.74, 6) is 0.569. The van der Waals surface area contributed by atoms with Crippen LogP contribution < -0.4 is 0 Å². The Bertz CT molecular complexity index is 2060. The number of likely N-dealkylation sites (tertiary alicyclic amines) is 1. The summed E-state index contributed by atoms with van der Waals surface area (Å²) in [4.78, 5) is 7.02. The van der Waals surface area contributed by atoms with Crippen LogP contribution in [-0.4, -0.2) is 42.9 Å². The summed E-state index contributed by atoms with van der Waals surface area (Å²) < 4.78 is 44.8. The first-order valence-corrected chi connectivity index (χ1v) is 17.9. The normalized spacial score (nSPS) is 17.6. The van der Waals surface area contributed by atoms with Crippen molar-refractivity contribution in [3.63, 3.8) is 0 Å². The number of rotatable bonds is 6. The van der Waals surface area contributed by atoms with Gasteiger partial charge in [-0.1, -0.05) is 79.5 Å². The highest BCUT2D eigenvalue weighted by atomic mass is 32.1. The van der Waals surface area contributed by atoms with Crippen molar-refractivity contribution < 1.29 is 13.2 Å². The van der Waals surface area contributed by atoms with E-state index < -0.39 is 11.9 Å². The van der Waals surface area contributed by atoms with Crippen molar-refractivity contribution >= 4 is 36.2 Å². The zero-order valence-electron chi connectivity index (χ0n) is 26.7. The third-order valence-electron chi connectivity index (χ3n) is 10.1. The number of nitrogens with one attached hydrogen (secondary N) is 1. The Morgan fingerprint density at radius 1 is 0.918 bits per heavy atom. The van der Waals surface area contributed by atoms with Crippen LogP contribution in [0.5, 0.6) is 0 Å². The van der Waals surface area contributed by atoms with Gasteiger partial charge < -0.3 is 4.90 Å². The second-order valence-electron chi connectivity index (χ2n) is 13.0. The van der Waals surface area contributed by atoms with Gasteiger partial charge in [0.1, 0.15) is 5.69 Å². The fraction of sp³-hybridized carbons (Fsp3) is 0.289. The van der Waals surface area contributed by atoms with E-state index in [0.29, 0.717) is 23.6 Å². The molecular formula is C38H35F3N6S2. The molecule has 0 bridgehead atoms. The monoisotopic (exact) mass is 696 g/mol. The summed E-state index contributed by atoms with van der Waals surface area (Å²) in [6.07, 6.45) is 4.41. The SMILES string of the molecule is N=C(c1csc(C2CCN(C=Cn3nc(C(F)(F)F)cc3-c3cccc4c3Cc3ccccc3-4)CC2)n1)N(S)C1CCCc2ccccc21. The van der Waals surface area contributed by atoms with Crippen LogP contribution in [0.15, 0.2) is 84.4 Å². The Hall–Kier alpha value is -4.35. The highest BCUT2D eigenvalue weighted by molar-refractivity contribution is 7.78. The number of nitrogens with zero attached hydrogens (tertiary/aromatic N) is 5. The van der Waals surface area contributed by atoms with Crippen LogP contribution in [0.1, 0.15) is 76.3 Å². The van der Waals surface area contributed by atoms with Crippen molar-refractivity contribution in [1.29, 1.82) is 5.41 Å². The van der Waals surface area contributed by atoms with Gasteiger partial charge in [0.25, 0.3) is 0 Å². The standard InChI is InChI=1S/C38H35F3N6S2/c39-38(40,41)35-22-34(30-13-6-12-29-27-10-3-2-8-26(27)21-31(29)30)46(44-35)20-19-45-17-15-25(16-18-45)37-43-32(23-49-37)36(42)47(48)33-14-5-9-24-7-1-4-11-28(24)33/h1-4,6-8,10-13,19-20,22-23,25,33,42,48H,5,9,14-18,21H2.